The first-order valence-electron chi connectivity index (χ1n) is 33.5. The van der Waals surface area contributed by atoms with Crippen molar-refractivity contribution in [2.75, 3.05) is 26.9 Å². The van der Waals surface area contributed by atoms with Crippen LogP contribution in [0, 0.1) is 5.92 Å². The van der Waals surface area contributed by atoms with Crippen LogP contribution in [0.25, 0.3) is 0 Å². The van der Waals surface area contributed by atoms with Crippen molar-refractivity contribution in [2.24, 2.45) is 5.92 Å². The lowest BCUT2D eigenvalue weighted by atomic mass is 9.80. The van der Waals surface area contributed by atoms with Crippen molar-refractivity contribution in [3.8, 4) is 0 Å². The molecule has 25 heteroatoms. The van der Waals surface area contributed by atoms with E-state index in [1.807, 2.05) is 0 Å². The van der Waals surface area contributed by atoms with Gasteiger partial charge >= 0.3 is 59.7 Å². The third-order valence-electron chi connectivity index (χ3n) is 17.2. The number of rotatable bonds is 26. The summed E-state index contributed by atoms with van der Waals surface area (Å²) in [6, 6.07) is 61.8. The van der Waals surface area contributed by atoms with E-state index in [0.717, 1.165) is 13.8 Å². The molecular formula is C80H72O25. The third-order valence-corrected chi connectivity index (χ3v) is 17.2. The van der Waals surface area contributed by atoms with Gasteiger partial charge in [0.1, 0.15) is 37.6 Å². The number of carbonyl (C=O) groups is 10. The third kappa shape index (κ3) is 19.3. The highest BCUT2D eigenvalue weighted by Gasteiger charge is 2.59. The molecule has 0 aromatic heterocycles. The standard InChI is InChI=1S/C80H72O25/c1-48(81)95-63-58(44-59-65(100-73(85)52-32-16-6-17-33-52)68(103-76(88)55-38-22-9-23-39-55)66(101-74(86)53-34-18-7-19-35-53)61(97-59)45-92-71(83)50-28-12-4-13-29-50)64(96-49(2)82)79(91-3)98-60(63)47-94-80-70(105-78(90)57-42-26-11-27-43-57)69(104-77(89)56-40-24-10-25-41-56)67(102-75(87)54-36-20-8-21-37-54)62(99-80)46-93-72(84)51-30-14-5-15-31-51/h4-43,58-70,79-80H,44-47H2,1-3H3. The molecular weight excluding hydrogens is 1360 g/mol. The van der Waals surface area contributed by atoms with Crippen LogP contribution in [0.5, 0.6) is 0 Å². The Kier molecular flexibility index (Phi) is 25.5. The van der Waals surface area contributed by atoms with E-state index in [1.165, 1.54) is 104 Å². The number of methoxy groups -OCH3 is 1. The van der Waals surface area contributed by atoms with Crippen molar-refractivity contribution in [1.29, 1.82) is 0 Å². The molecule has 8 aromatic rings. The van der Waals surface area contributed by atoms with Gasteiger partial charge < -0.3 is 71.1 Å². The summed E-state index contributed by atoms with van der Waals surface area (Å²) in [5, 5.41) is 0. The molecule has 8 aromatic carbocycles. The lowest BCUT2D eigenvalue weighted by molar-refractivity contribution is -0.326. The topological polar surface area (TPSA) is 309 Å². The Morgan fingerprint density at radius 2 is 0.524 bits per heavy atom. The Balaban J connectivity index is 1.02. The number of benzene rings is 8. The molecule has 3 aliphatic heterocycles. The quantitative estimate of drug-likeness (QED) is 0.0359. The zero-order valence-electron chi connectivity index (χ0n) is 56.8. The van der Waals surface area contributed by atoms with Crippen LogP contribution in [0.2, 0.25) is 0 Å². The summed E-state index contributed by atoms with van der Waals surface area (Å²) in [5.74, 6) is -11.1. The predicted molar refractivity (Wildman–Crippen MR) is 365 cm³/mol. The van der Waals surface area contributed by atoms with Crippen LogP contribution in [0.4, 0.5) is 0 Å². The van der Waals surface area contributed by atoms with Crippen LogP contribution in [0.3, 0.4) is 0 Å². The normalized spacial score (nSPS) is 24.0. The largest absolute Gasteiger partial charge is 0.459 e. The maximum absolute atomic E-state index is 14.8. The second-order valence-electron chi connectivity index (χ2n) is 24.3. The van der Waals surface area contributed by atoms with E-state index in [9.17, 15) is 47.9 Å². The highest BCUT2D eigenvalue weighted by atomic mass is 16.8. The number of ether oxygens (including phenoxy) is 15. The first-order valence-corrected chi connectivity index (χ1v) is 33.5. The van der Waals surface area contributed by atoms with Gasteiger partial charge in [-0.1, -0.05) is 146 Å². The molecule has 0 radical (unpaired) electrons. The summed E-state index contributed by atoms with van der Waals surface area (Å²) in [4.78, 5) is 143. The molecule has 15 atom stereocenters. The lowest BCUT2D eigenvalue weighted by Crippen LogP contribution is -2.65. The predicted octanol–water partition coefficient (Wildman–Crippen LogP) is 9.80. The fourth-order valence-electron chi connectivity index (χ4n) is 12.2. The van der Waals surface area contributed by atoms with E-state index < -0.39 is 178 Å². The molecule has 542 valence electrons. The van der Waals surface area contributed by atoms with Gasteiger partial charge in [0.2, 0.25) is 0 Å². The fraction of sp³-hybridized carbons (Fsp3) is 0.275. The van der Waals surface area contributed by atoms with Gasteiger partial charge in [0.05, 0.1) is 57.2 Å². The summed E-state index contributed by atoms with van der Waals surface area (Å²) < 4.78 is 95.0. The fourth-order valence-corrected chi connectivity index (χ4v) is 12.2. The van der Waals surface area contributed by atoms with Gasteiger partial charge in [-0.05, 0) is 103 Å². The van der Waals surface area contributed by atoms with Crippen LogP contribution >= 0.6 is 0 Å². The lowest BCUT2D eigenvalue weighted by Gasteiger charge is -2.49. The monoisotopic (exact) mass is 1430 g/mol. The molecule has 15 unspecified atom stereocenters. The molecule has 3 saturated heterocycles. The Hall–Kier alpha value is -11.7. The van der Waals surface area contributed by atoms with Gasteiger partial charge in [0, 0.05) is 26.9 Å². The van der Waals surface area contributed by atoms with Crippen molar-refractivity contribution in [3.63, 3.8) is 0 Å². The highest BCUT2D eigenvalue weighted by Crippen LogP contribution is 2.41. The molecule has 3 aliphatic rings. The SMILES string of the molecule is COC1OC(COC2OC(COC(=O)c3ccccc3)C(OC(=O)c3ccccc3)C(OC(=O)c3ccccc3)C2OC(=O)c2ccccc2)C(OC(C)=O)C(CC2OC(COC(=O)c3ccccc3)C(OC(=O)c3ccccc3)C(OC(=O)c3ccccc3)C2OC(=O)c2ccccc2)C1OC(C)=O. The minimum Gasteiger partial charge on any atom is -0.459 e. The summed E-state index contributed by atoms with van der Waals surface area (Å²) in [6.45, 7) is -0.140. The average Bonchev–Trinajstić information content (AvgIpc) is 0.773. The van der Waals surface area contributed by atoms with Gasteiger partial charge in [-0.25, -0.2) is 38.4 Å². The molecule has 3 heterocycles. The molecule has 25 nitrogen and oxygen atoms in total. The minimum atomic E-state index is -1.97. The zero-order valence-corrected chi connectivity index (χ0v) is 56.8. The van der Waals surface area contributed by atoms with E-state index in [1.54, 1.807) is 146 Å². The van der Waals surface area contributed by atoms with Gasteiger partial charge in [0.25, 0.3) is 0 Å². The van der Waals surface area contributed by atoms with E-state index >= 15 is 0 Å². The Morgan fingerprint density at radius 1 is 0.267 bits per heavy atom. The van der Waals surface area contributed by atoms with Crippen molar-refractivity contribution in [3.05, 3.63) is 287 Å². The van der Waals surface area contributed by atoms with Crippen molar-refractivity contribution < 1.29 is 119 Å². The van der Waals surface area contributed by atoms with E-state index in [4.69, 9.17) is 71.1 Å². The number of esters is 10. The van der Waals surface area contributed by atoms with E-state index in [-0.39, 0.29) is 44.5 Å². The van der Waals surface area contributed by atoms with E-state index in [2.05, 4.69) is 0 Å². The molecule has 11 rings (SSSR count). The highest BCUT2D eigenvalue weighted by molar-refractivity contribution is 5.94. The molecule has 0 amide bonds. The number of hydrogen-bond donors (Lipinski definition) is 0. The molecule has 0 saturated carbocycles. The van der Waals surface area contributed by atoms with Gasteiger partial charge in [0.15, 0.2) is 55.3 Å². The number of hydrogen-bond acceptors (Lipinski definition) is 25. The van der Waals surface area contributed by atoms with Crippen LogP contribution in [0.1, 0.15) is 103 Å². The first kappa shape index (κ1) is 74.4. The van der Waals surface area contributed by atoms with Crippen molar-refractivity contribution in [2.45, 2.75) is 106 Å². The summed E-state index contributed by atoms with van der Waals surface area (Å²) >= 11 is 0. The van der Waals surface area contributed by atoms with E-state index in [0.29, 0.717) is 0 Å². The Bertz CT molecular complexity index is 4250. The van der Waals surface area contributed by atoms with Crippen LogP contribution in [-0.4, -0.2) is 172 Å². The molecule has 0 aliphatic carbocycles. The van der Waals surface area contributed by atoms with Crippen molar-refractivity contribution in [1.82, 2.24) is 0 Å². The Labute approximate surface area is 602 Å². The summed E-state index contributed by atoms with van der Waals surface area (Å²) in [7, 11) is 1.21. The number of carbonyl (C=O) groups excluding carboxylic acids is 10. The molecule has 0 N–H and O–H groups in total. The molecule has 0 spiro atoms. The Morgan fingerprint density at radius 3 is 0.848 bits per heavy atom. The summed E-state index contributed by atoms with van der Waals surface area (Å²) in [5.41, 5.74) is 0.239. The van der Waals surface area contributed by atoms with Crippen molar-refractivity contribution >= 4 is 59.7 Å². The second-order valence-corrected chi connectivity index (χ2v) is 24.3. The maximum atomic E-state index is 14.8. The van der Waals surface area contributed by atoms with Crippen LogP contribution < -0.4 is 0 Å². The van der Waals surface area contributed by atoms with Gasteiger partial charge in [-0.15, -0.1) is 0 Å². The minimum absolute atomic E-state index is 0.00291. The molecule has 0 bridgehead atoms. The van der Waals surface area contributed by atoms with Crippen LogP contribution in [0.15, 0.2) is 243 Å². The average molecular weight is 1430 g/mol. The molecule has 105 heavy (non-hydrogen) atoms. The van der Waals surface area contributed by atoms with Crippen LogP contribution in [-0.2, 0) is 80.6 Å². The summed E-state index contributed by atoms with van der Waals surface area (Å²) in [6.07, 6.45) is -25.3. The maximum Gasteiger partial charge on any atom is 0.338 e. The molecule has 3 fully saturated rings. The second kappa shape index (κ2) is 35.9. The zero-order chi connectivity index (χ0) is 73.8. The van der Waals surface area contributed by atoms with Gasteiger partial charge in [-0.3, -0.25) is 9.59 Å². The smallest absolute Gasteiger partial charge is 0.338 e. The van der Waals surface area contributed by atoms with Gasteiger partial charge in [-0.2, -0.15) is 0 Å². The first-order chi connectivity index (χ1) is 51.0.